The Balaban J connectivity index is 2.26. The number of hydrogen-bond donors (Lipinski definition) is 0. The highest BCUT2D eigenvalue weighted by atomic mass is 32.2. The molecule has 1 nitrogen and oxygen atoms in total. The van der Waals surface area contributed by atoms with E-state index in [1.165, 1.54) is 29.9 Å². The monoisotopic (exact) mass is 219 g/mol. The van der Waals surface area contributed by atoms with Gasteiger partial charge in [0.15, 0.2) is 0 Å². The molecular formula is C13H17NS. The molecule has 15 heavy (non-hydrogen) atoms. The topological polar surface area (TPSA) is 12.9 Å². The Kier molecular flexibility index (Phi) is 3.47. The minimum Gasteiger partial charge on any atom is -0.257 e. The van der Waals surface area contributed by atoms with Crippen molar-refractivity contribution in [3.05, 3.63) is 35.0 Å². The van der Waals surface area contributed by atoms with Gasteiger partial charge in [-0.05, 0) is 41.4 Å². The van der Waals surface area contributed by atoms with Crippen LogP contribution in [0.3, 0.4) is 0 Å². The minimum absolute atomic E-state index is 0.740. The molecule has 0 fully saturated rings. The molecule has 1 aromatic heterocycles. The number of pyridine rings is 1. The number of allylic oxidation sites excluding steroid dienone is 2. The summed E-state index contributed by atoms with van der Waals surface area (Å²) in [6.45, 7) is 4.56. The van der Waals surface area contributed by atoms with E-state index in [4.69, 9.17) is 0 Å². The van der Waals surface area contributed by atoms with Crippen LogP contribution in [0.2, 0.25) is 0 Å². The lowest BCUT2D eigenvalue weighted by Crippen LogP contribution is -1.91. The van der Waals surface area contributed by atoms with E-state index in [1.54, 1.807) is 4.91 Å². The summed E-state index contributed by atoms with van der Waals surface area (Å²) in [7, 11) is 0. The Bertz CT molecular complexity index is 354. The summed E-state index contributed by atoms with van der Waals surface area (Å²) in [4.78, 5) is 6.01. The Morgan fingerprint density at radius 2 is 2.27 bits per heavy atom. The third-order valence-corrected chi connectivity index (χ3v) is 3.70. The quantitative estimate of drug-likeness (QED) is 0.762. The lowest BCUT2D eigenvalue weighted by atomic mass is 10.0. The number of aromatic nitrogens is 1. The molecule has 0 spiro atoms. The van der Waals surface area contributed by atoms with Gasteiger partial charge in [-0.1, -0.05) is 19.9 Å². The normalized spacial score (nSPS) is 16.5. The van der Waals surface area contributed by atoms with E-state index in [9.17, 15) is 0 Å². The van der Waals surface area contributed by atoms with Crippen LogP contribution in [0.25, 0.3) is 5.57 Å². The zero-order chi connectivity index (χ0) is 10.7. The van der Waals surface area contributed by atoms with Crippen LogP contribution in [0.5, 0.6) is 0 Å². The summed E-state index contributed by atoms with van der Waals surface area (Å²) in [5.74, 6) is 1.97. The van der Waals surface area contributed by atoms with Crippen LogP contribution in [0.15, 0.2) is 29.3 Å². The zero-order valence-electron chi connectivity index (χ0n) is 9.36. The van der Waals surface area contributed by atoms with E-state index in [-0.39, 0.29) is 0 Å². The lowest BCUT2D eigenvalue weighted by Gasteiger charge is -2.08. The van der Waals surface area contributed by atoms with E-state index in [0.29, 0.717) is 0 Å². The van der Waals surface area contributed by atoms with Gasteiger partial charge in [-0.15, -0.1) is 11.8 Å². The molecule has 2 heteroatoms. The fourth-order valence-corrected chi connectivity index (χ4v) is 3.25. The maximum absolute atomic E-state index is 4.45. The van der Waals surface area contributed by atoms with Gasteiger partial charge >= 0.3 is 0 Å². The molecule has 0 atom stereocenters. The largest absolute Gasteiger partial charge is 0.257 e. The van der Waals surface area contributed by atoms with E-state index in [1.807, 2.05) is 24.0 Å². The highest BCUT2D eigenvalue weighted by Gasteiger charge is 2.18. The van der Waals surface area contributed by atoms with Gasteiger partial charge in [0.05, 0.1) is 5.69 Å². The first-order chi connectivity index (χ1) is 7.27. The molecule has 0 saturated heterocycles. The van der Waals surface area contributed by atoms with E-state index >= 15 is 0 Å². The summed E-state index contributed by atoms with van der Waals surface area (Å²) in [5.41, 5.74) is 2.66. The third-order valence-electron chi connectivity index (χ3n) is 2.53. The average Bonchev–Trinajstić information content (AvgIpc) is 2.66. The maximum Gasteiger partial charge on any atom is 0.0669 e. The summed E-state index contributed by atoms with van der Waals surface area (Å²) in [5, 5.41) is 0. The molecule has 0 bridgehead atoms. The van der Waals surface area contributed by atoms with Crippen LogP contribution in [-0.2, 0) is 0 Å². The molecule has 0 saturated carbocycles. The molecule has 80 valence electrons. The van der Waals surface area contributed by atoms with E-state index in [2.05, 4.69) is 31.0 Å². The predicted molar refractivity (Wildman–Crippen MR) is 67.7 cm³/mol. The third kappa shape index (κ3) is 2.63. The molecule has 0 unspecified atom stereocenters. The molecule has 0 N–H and O–H groups in total. The van der Waals surface area contributed by atoms with Gasteiger partial charge in [0.1, 0.15) is 0 Å². The van der Waals surface area contributed by atoms with Crippen LogP contribution in [0, 0.1) is 5.92 Å². The van der Waals surface area contributed by atoms with Crippen molar-refractivity contribution in [1.82, 2.24) is 4.98 Å². The minimum atomic E-state index is 0.740. The van der Waals surface area contributed by atoms with Crippen molar-refractivity contribution in [2.75, 3.05) is 5.75 Å². The fourth-order valence-electron chi connectivity index (χ4n) is 1.87. The van der Waals surface area contributed by atoms with Crippen LogP contribution >= 0.6 is 11.8 Å². The van der Waals surface area contributed by atoms with Crippen molar-refractivity contribution in [3.8, 4) is 0 Å². The molecule has 2 rings (SSSR count). The van der Waals surface area contributed by atoms with Crippen LogP contribution in [0.1, 0.15) is 32.4 Å². The van der Waals surface area contributed by atoms with Gasteiger partial charge < -0.3 is 0 Å². The summed E-state index contributed by atoms with van der Waals surface area (Å²) in [6, 6.07) is 6.18. The molecule has 2 heterocycles. The summed E-state index contributed by atoms with van der Waals surface area (Å²) in [6.07, 6.45) is 4.28. The lowest BCUT2D eigenvalue weighted by molar-refractivity contribution is 0.659. The van der Waals surface area contributed by atoms with Crippen molar-refractivity contribution in [1.29, 1.82) is 0 Å². The highest BCUT2D eigenvalue weighted by Crippen LogP contribution is 2.40. The second-order valence-corrected chi connectivity index (χ2v) is 5.50. The average molecular weight is 219 g/mol. The maximum atomic E-state index is 4.45. The Morgan fingerprint density at radius 3 is 2.93 bits per heavy atom. The molecule has 0 aromatic carbocycles. The molecular weight excluding hydrogens is 202 g/mol. The summed E-state index contributed by atoms with van der Waals surface area (Å²) < 4.78 is 0. The predicted octanol–water partition coefficient (Wildman–Crippen LogP) is 3.98. The molecule has 1 aliphatic heterocycles. The van der Waals surface area contributed by atoms with Crippen molar-refractivity contribution < 1.29 is 0 Å². The van der Waals surface area contributed by atoms with Crippen molar-refractivity contribution >= 4 is 17.3 Å². The molecule has 0 amide bonds. The van der Waals surface area contributed by atoms with Crippen molar-refractivity contribution in [3.63, 3.8) is 0 Å². The van der Waals surface area contributed by atoms with E-state index < -0.39 is 0 Å². The van der Waals surface area contributed by atoms with Gasteiger partial charge in [0, 0.05) is 11.9 Å². The van der Waals surface area contributed by atoms with Crippen LogP contribution < -0.4 is 0 Å². The standard InChI is InChI=1S/C13H17NS/c1-10(2)9-13-11(6-8-15-13)12-5-3-4-7-14-12/h3-5,7,10H,6,8-9H2,1-2H3. The zero-order valence-corrected chi connectivity index (χ0v) is 10.2. The van der Waals surface area contributed by atoms with Gasteiger partial charge in [-0.3, -0.25) is 4.98 Å². The summed E-state index contributed by atoms with van der Waals surface area (Å²) >= 11 is 2.01. The van der Waals surface area contributed by atoms with Gasteiger partial charge in [-0.25, -0.2) is 0 Å². The number of nitrogens with zero attached hydrogens (tertiary/aromatic N) is 1. The second-order valence-electron chi connectivity index (χ2n) is 4.31. The SMILES string of the molecule is CC(C)CC1=C(c2ccccn2)CCS1. The second kappa shape index (κ2) is 4.84. The Hall–Kier alpha value is -0.760. The first-order valence-electron chi connectivity index (χ1n) is 5.53. The van der Waals surface area contributed by atoms with Crippen LogP contribution in [-0.4, -0.2) is 10.7 Å². The first kappa shape index (κ1) is 10.7. The van der Waals surface area contributed by atoms with Gasteiger partial charge in [-0.2, -0.15) is 0 Å². The fraction of sp³-hybridized carbons (Fsp3) is 0.462. The molecule has 0 aliphatic carbocycles. The van der Waals surface area contributed by atoms with Gasteiger partial charge in [0.2, 0.25) is 0 Å². The molecule has 0 radical (unpaired) electrons. The Labute approximate surface area is 96.0 Å². The smallest absolute Gasteiger partial charge is 0.0669 e. The van der Waals surface area contributed by atoms with Gasteiger partial charge in [0.25, 0.3) is 0 Å². The van der Waals surface area contributed by atoms with Crippen molar-refractivity contribution in [2.45, 2.75) is 26.7 Å². The molecule has 1 aliphatic rings. The number of thioether (sulfide) groups is 1. The number of hydrogen-bond acceptors (Lipinski definition) is 2. The molecule has 1 aromatic rings. The highest BCUT2D eigenvalue weighted by molar-refractivity contribution is 8.03. The van der Waals surface area contributed by atoms with Crippen LogP contribution in [0.4, 0.5) is 0 Å². The Morgan fingerprint density at radius 1 is 1.40 bits per heavy atom. The first-order valence-corrected chi connectivity index (χ1v) is 6.52. The van der Waals surface area contributed by atoms with Crippen molar-refractivity contribution in [2.24, 2.45) is 5.92 Å². The van der Waals surface area contributed by atoms with E-state index in [0.717, 1.165) is 5.92 Å². The number of rotatable bonds is 3.